The fourth-order valence-electron chi connectivity index (χ4n) is 8.58. The molecule has 0 aliphatic carbocycles. The van der Waals surface area contributed by atoms with Gasteiger partial charge < -0.3 is 9.97 Å². The molecule has 8 nitrogen and oxygen atoms in total. The van der Waals surface area contributed by atoms with Gasteiger partial charge in [-0.15, -0.1) is 94.1 Å². The molecule has 9 rings (SSSR count). The zero-order valence-electron chi connectivity index (χ0n) is 44.2. The molecule has 3 aromatic heterocycles. The second-order valence-corrected chi connectivity index (χ2v) is 33.3. The molecule has 378 valence electrons. The van der Waals surface area contributed by atoms with Gasteiger partial charge in [-0.05, 0) is 48.5 Å². The lowest BCUT2D eigenvalue weighted by molar-refractivity contribution is 1.08. The van der Waals surface area contributed by atoms with E-state index in [2.05, 4.69) is 169 Å². The molecular weight excluding hydrogens is 1040 g/mol. The molecule has 0 saturated heterocycles. The minimum Gasteiger partial charge on any atom is -0.324 e. The highest BCUT2D eigenvalue weighted by atomic mass is 32.2. The van der Waals surface area contributed by atoms with Crippen LogP contribution in [0, 0.1) is 0 Å². The Morgan fingerprint density at radius 2 is 0.417 bits per heavy atom. The Kier molecular flexibility index (Phi) is 16.7. The zero-order valence-corrected chi connectivity index (χ0v) is 50.7. The molecule has 2 aliphatic rings. The van der Waals surface area contributed by atoms with Gasteiger partial charge in [0.2, 0.25) is 0 Å². The molecule has 0 radical (unpaired) electrons. The second kappa shape index (κ2) is 22.3. The number of fused-ring (bicyclic) bond motifs is 20. The number of hydrogen-bond acceptors (Lipinski definition) is 14. The minimum absolute atomic E-state index is 0.383. The molecule has 0 spiro atoms. The van der Waals surface area contributed by atoms with Gasteiger partial charge in [0, 0.05) is 125 Å². The average molecular weight is 1110 g/mol. The third-order valence-electron chi connectivity index (χ3n) is 11.0. The summed E-state index contributed by atoms with van der Waals surface area (Å²) < 4.78 is 0. The molecule has 0 atom stereocenters. The third kappa shape index (κ3) is 11.9. The van der Waals surface area contributed by atoms with Gasteiger partial charge in [-0.3, -0.25) is 0 Å². The number of thioether (sulfide) groups is 8. The molecule has 8 bridgehead atoms. The maximum absolute atomic E-state index is 5.56. The van der Waals surface area contributed by atoms with E-state index in [4.69, 9.17) is 29.9 Å². The van der Waals surface area contributed by atoms with Crippen molar-refractivity contribution in [3.8, 4) is 45.6 Å². The van der Waals surface area contributed by atoms with Crippen molar-refractivity contribution in [1.29, 1.82) is 0 Å². The van der Waals surface area contributed by atoms with Crippen LogP contribution in [0.15, 0.2) is 87.7 Å². The van der Waals surface area contributed by atoms with Gasteiger partial charge >= 0.3 is 0 Å². The Bertz CT molecular complexity index is 2940. The van der Waals surface area contributed by atoms with E-state index in [1.54, 1.807) is 0 Å². The molecular formula is C56H66N8S8. The zero-order chi connectivity index (χ0) is 51.4. The topological polar surface area (TPSA) is 109 Å². The Morgan fingerprint density at radius 3 is 0.583 bits per heavy atom. The van der Waals surface area contributed by atoms with E-state index in [1.807, 2.05) is 94.1 Å². The predicted octanol–water partition coefficient (Wildman–Crippen LogP) is 18.9. The van der Waals surface area contributed by atoms with Crippen molar-refractivity contribution in [2.45, 2.75) is 192 Å². The highest BCUT2D eigenvalue weighted by molar-refractivity contribution is 8.04. The van der Waals surface area contributed by atoms with Crippen molar-refractivity contribution < 1.29 is 0 Å². The van der Waals surface area contributed by atoms with Crippen molar-refractivity contribution in [2.24, 2.45) is 0 Å². The highest BCUT2D eigenvalue weighted by Crippen LogP contribution is 2.48. The molecule has 5 heterocycles. The smallest absolute Gasteiger partial charge is 0.164 e. The van der Waals surface area contributed by atoms with Crippen LogP contribution >= 0.6 is 94.1 Å². The molecule has 2 N–H and O–H groups in total. The Morgan fingerprint density at radius 1 is 0.250 bits per heavy atom. The SMILES string of the molecule is CC(C)Sc1cc2c(cc1SC(C)C)-c1nc-2nc2[nH]c(nc3nc(nc4[nH]c(n1)c1cc(SC(C)C)c(SC(C)C)cc41)-c1cc(SC(C)C)c(SC(C)C)cc1-3)c1cc(SC(C)C)c(SC(C)C)cc21. The average Bonchev–Trinajstić information content (AvgIpc) is 3.97. The van der Waals surface area contributed by atoms with Crippen molar-refractivity contribution in [2.75, 3.05) is 0 Å². The summed E-state index contributed by atoms with van der Waals surface area (Å²) in [5, 5.41) is 7.03. The second-order valence-electron chi connectivity index (χ2n) is 20.3. The lowest BCUT2D eigenvalue weighted by Crippen LogP contribution is -1.94. The summed E-state index contributed by atoms with van der Waals surface area (Å²) in [6.07, 6.45) is 0. The van der Waals surface area contributed by atoms with E-state index in [0.29, 0.717) is 87.9 Å². The van der Waals surface area contributed by atoms with Gasteiger partial charge in [-0.25, -0.2) is 29.9 Å². The quantitative estimate of drug-likeness (QED) is 0.0896. The van der Waals surface area contributed by atoms with Crippen LogP contribution in [-0.4, -0.2) is 81.9 Å². The number of aromatic amines is 2. The van der Waals surface area contributed by atoms with Gasteiger partial charge in [-0.2, -0.15) is 0 Å². The standard InChI is InChI=1S/C56H66N8S8/c1-25(2)65-41-17-33-34(18-42(41)66-26(3)4)50-57-49(33)61-51-35-19-43(67-27(5)6)44(68-28(7)8)20-36(35)53(58-51)63-55-39-23-47(71-31(13)14)48(72-32(15)16)24-40(39)56(60-55)64-54-38-22-46(70-30(11)12)45(69-29(9)10)21-37(38)52(59-54)62-50/h17-32H,1-16H3,(H2,57,58,59,60,61,62,63,64). The van der Waals surface area contributed by atoms with E-state index >= 15 is 0 Å². The fraction of sp³-hybridized carbons (Fsp3) is 0.429. The first-order valence-electron chi connectivity index (χ1n) is 25.1. The number of H-pyrrole nitrogens is 2. The summed E-state index contributed by atoms with van der Waals surface area (Å²) in [6, 6.07) is 18.5. The largest absolute Gasteiger partial charge is 0.324 e. The highest BCUT2D eigenvalue weighted by Gasteiger charge is 2.28. The summed E-state index contributed by atoms with van der Waals surface area (Å²) in [4.78, 5) is 50.5. The lowest BCUT2D eigenvalue weighted by Gasteiger charge is -2.15. The van der Waals surface area contributed by atoms with Crippen LogP contribution in [-0.2, 0) is 0 Å². The van der Waals surface area contributed by atoms with Gasteiger partial charge in [0.15, 0.2) is 23.3 Å². The maximum atomic E-state index is 5.56. The molecule has 0 unspecified atom stereocenters. The molecule has 7 aromatic rings. The number of benzene rings is 4. The number of hydrogen-bond donors (Lipinski definition) is 2. The molecule has 0 saturated carbocycles. The third-order valence-corrected chi connectivity index (χ3v) is 20.0. The molecule has 16 heteroatoms. The van der Waals surface area contributed by atoms with E-state index in [0.717, 1.165) is 43.8 Å². The predicted molar refractivity (Wildman–Crippen MR) is 324 cm³/mol. The summed E-state index contributed by atoms with van der Waals surface area (Å²) >= 11 is 15.1. The first-order valence-corrected chi connectivity index (χ1v) is 32.1. The summed E-state index contributed by atoms with van der Waals surface area (Å²) in [5.74, 6) is 2.47. The van der Waals surface area contributed by atoms with Crippen molar-refractivity contribution in [3.05, 3.63) is 48.5 Å². The van der Waals surface area contributed by atoms with E-state index in [9.17, 15) is 0 Å². The number of nitrogens with one attached hydrogen (secondary N) is 2. The van der Waals surface area contributed by atoms with Crippen LogP contribution in [0.3, 0.4) is 0 Å². The van der Waals surface area contributed by atoms with E-state index in [-0.39, 0.29) is 0 Å². The summed E-state index contributed by atoms with van der Waals surface area (Å²) in [7, 11) is 0. The first kappa shape index (κ1) is 53.9. The van der Waals surface area contributed by atoms with E-state index < -0.39 is 0 Å². The molecule has 4 aromatic carbocycles. The van der Waals surface area contributed by atoms with Crippen LogP contribution in [0.1, 0.15) is 111 Å². The van der Waals surface area contributed by atoms with Gasteiger partial charge in [0.05, 0.1) is 0 Å². The van der Waals surface area contributed by atoms with Gasteiger partial charge in [0.1, 0.15) is 22.6 Å². The van der Waals surface area contributed by atoms with Crippen molar-refractivity contribution >= 4 is 138 Å². The molecule has 0 fully saturated rings. The normalized spacial score (nSPS) is 12.8. The number of aromatic nitrogens is 8. The monoisotopic (exact) mass is 1110 g/mol. The molecule has 2 aliphatic heterocycles. The lowest BCUT2D eigenvalue weighted by atomic mass is 10.1. The van der Waals surface area contributed by atoms with Crippen molar-refractivity contribution in [1.82, 2.24) is 39.9 Å². The Balaban J connectivity index is 1.48. The minimum atomic E-state index is 0.383. The maximum Gasteiger partial charge on any atom is 0.164 e. The van der Waals surface area contributed by atoms with Crippen LogP contribution in [0.5, 0.6) is 0 Å². The number of rotatable bonds is 16. The number of nitrogens with zero attached hydrogens (tertiary/aromatic N) is 6. The fourth-order valence-corrected chi connectivity index (χ4v) is 16.7. The first-order chi connectivity index (χ1) is 34.2. The summed E-state index contributed by atoms with van der Waals surface area (Å²) in [6.45, 7) is 36.1. The van der Waals surface area contributed by atoms with Gasteiger partial charge in [-0.1, -0.05) is 111 Å². The van der Waals surface area contributed by atoms with Crippen LogP contribution < -0.4 is 0 Å². The van der Waals surface area contributed by atoms with Crippen molar-refractivity contribution in [3.63, 3.8) is 0 Å². The molecule has 72 heavy (non-hydrogen) atoms. The van der Waals surface area contributed by atoms with Crippen LogP contribution in [0.4, 0.5) is 0 Å². The Hall–Kier alpha value is -2.96. The molecule has 0 amide bonds. The van der Waals surface area contributed by atoms with E-state index in [1.165, 1.54) is 39.2 Å². The Labute approximate surface area is 460 Å². The van der Waals surface area contributed by atoms with Gasteiger partial charge in [0.25, 0.3) is 0 Å². The van der Waals surface area contributed by atoms with Crippen LogP contribution in [0.2, 0.25) is 0 Å². The summed E-state index contributed by atoms with van der Waals surface area (Å²) in [5.41, 5.74) is 6.68. The van der Waals surface area contributed by atoms with Crippen LogP contribution in [0.25, 0.3) is 89.7 Å².